The number of aromatic nitrogens is 2. The van der Waals surface area contributed by atoms with E-state index >= 15 is 0 Å². The number of ether oxygens (including phenoxy) is 1. The zero-order valence-electron chi connectivity index (χ0n) is 13.8. The standard InChI is InChI=1S/C19H14N4O2S/c1-25-14-7-5-13(6-8-14)22-18-16(26-19(24)23-18)11-12-3-2-4-15-17(12)21-10-9-20-15/h2-11H,1H3,(H,22,23,24)/b16-11-. The fourth-order valence-corrected chi connectivity index (χ4v) is 3.30. The minimum Gasteiger partial charge on any atom is -0.497 e. The molecular formula is C19H14N4O2S. The van der Waals surface area contributed by atoms with Gasteiger partial charge in [-0.2, -0.15) is 0 Å². The van der Waals surface area contributed by atoms with E-state index in [1.807, 2.05) is 48.5 Å². The van der Waals surface area contributed by atoms with Crippen LogP contribution in [0.25, 0.3) is 17.1 Å². The molecule has 1 aliphatic rings. The molecule has 1 amide bonds. The number of aliphatic imine (C=N–C) groups is 1. The molecule has 26 heavy (non-hydrogen) atoms. The van der Waals surface area contributed by atoms with Crippen LogP contribution >= 0.6 is 11.8 Å². The van der Waals surface area contributed by atoms with Crippen LogP contribution in [0.2, 0.25) is 0 Å². The first-order valence-electron chi connectivity index (χ1n) is 7.86. The predicted octanol–water partition coefficient (Wildman–Crippen LogP) is 4.17. The average Bonchev–Trinajstić information content (AvgIpc) is 3.01. The lowest BCUT2D eigenvalue weighted by atomic mass is 10.1. The first-order valence-corrected chi connectivity index (χ1v) is 8.68. The molecule has 3 aromatic rings. The van der Waals surface area contributed by atoms with Crippen molar-refractivity contribution in [1.29, 1.82) is 0 Å². The summed E-state index contributed by atoms with van der Waals surface area (Å²) in [6.45, 7) is 0. The zero-order chi connectivity index (χ0) is 17.9. The van der Waals surface area contributed by atoms with Gasteiger partial charge in [-0.15, -0.1) is 0 Å². The van der Waals surface area contributed by atoms with Gasteiger partial charge in [0.2, 0.25) is 0 Å². The fourth-order valence-electron chi connectivity index (χ4n) is 2.57. The van der Waals surface area contributed by atoms with Gasteiger partial charge in [-0.1, -0.05) is 12.1 Å². The molecule has 7 heteroatoms. The number of amidine groups is 1. The topological polar surface area (TPSA) is 76.5 Å². The number of fused-ring (bicyclic) bond motifs is 1. The van der Waals surface area contributed by atoms with Crippen LogP contribution in [-0.4, -0.2) is 28.2 Å². The minimum absolute atomic E-state index is 0.158. The Morgan fingerprint density at radius 1 is 1.12 bits per heavy atom. The molecule has 1 N–H and O–H groups in total. The molecule has 1 fully saturated rings. The Kier molecular flexibility index (Phi) is 4.37. The number of hydrogen-bond donors (Lipinski definition) is 1. The molecule has 0 aliphatic carbocycles. The van der Waals surface area contributed by atoms with Crippen molar-refractivity contribution >= 4 is 45.6 Å². The minimum atomic E-state index is -0.158. The van der Waals surface area contributed by atoms with Crippen LogP contribution in [0.5, 0.6) is 5.75 Å². The Morgan fingerprint density at radius 2 is 1.92 bits per heavy atom. The van der Waals surface area contributed by atoms with E-state index in [0.717, 1.165) is 44.7 Å². The number of nitrogens with zero attached hydrogens (tertiary/aromatic N) is 3. The molecule has 0 radical (unpaired) electrons. The van der Waals surface area contributed by atoms with Crippen molar-refractivity contribution in [2.24, 2.45) is 4.99 Å². The van der Waals surface area contributed by atoms with E-state index in [1.54, 1.807) is 19.5 Å². The second-order valence-electron chi connectivity index (χ2n) is 5.45. The van der Waals surface area contributed by atoms with Gasteiger partial charge in [-0.25, -0.2) is 4.99 Å². The number of thioether (sulfide) groups is 1. The van der Waals surface area contributed by atoms with Crippen LogP contribution < -0.4 is 10.1 Å². The van der Waals surface area contributed by atoms with Gasteiger partial charge in [-0.3, -0.25) is 14.8 Å². The average molecular weight is 362 g/mol. The lowest BCUT2D eigenvalue weighted by Crippen LogP contribution is -2.18. The maximum Gasteiger partial charge on any atom is 0.289 e. The molecule has 0 spiro atoms. The van der Waals surface area contributed by atoms with Gasteiger partial charge < -0.3 is 10.1 Å². The Hall–Kier alpha value is -3.19. The third-order valence-corrected chi connectivity index (χ3v) is 4.60. The van der Waals surface area contributed by atoms with Crippen molar-refractivity contribution in [1.82, 2.24) is 15.3 Å². The lowest BCUT2D eigenvalue weighted by Gasteiger charge is -2.03. The Bertz CT molecular complexity index is 1040. The summed E-state index contributed by atoms with van der Waals surface area (Å²) < 4.78 is 5.15. The van der Waals surface area contributed by atoms with E-state index in [2.05, 4.69) is 20.3 Å². The lowest BCUT2D eigenvalue weighted by molar-refractivity contribution is 0.265. The summed E-state index contributed by atoms with van der Waals surface area (Å²) in [6, 6.07) is 13.1. The highest BCUT2D eigenvalue weighted by Gasteiger charge is 2.24. The molecular weight excluding hydrogens is 348 g/mol. The van der Waals surface area contributed by atoms with Crippen molar-refractivity contribution < 1.29 is 9.53 Å². The van der Waals surface area contributed by atoms with Gasteiger partial charge in [0, 0.05) is 18.0 Å². The van der Waals surface area contributed by atoms with Gasteiger partial charge in [0.25, 0.3) is 5.24 Å². The zero-order valence-corrected chi connectivity index (χ0v) is 14.7. The number of benzene rings is 2. The quantitative estimate of drug-likeness (QED) is 0.757. The van der Waals surface area contributed by atoms with Crippen molar-refractivity contribution in [3.05, 3.63) is 65.3 Å². The maximum absolute atomic E-state index is 11.9. The van der Waals surface area contributed by atoms with E-state index in [9.17, 15) is 4.79 Å². The molecule has 1 aliphatic heterocycles. The Labute approximate surface area is 154 Å². The maximum atomic E-state index is 11.9. The van der Waals surface area contributed by atoms with E-state index in [1.165, 1.54) is 0 Å². The molecule has 0 unspecified atom stereocenters. The molecule has 4 rings (SSSR count). The summed E-state index contributed by atoms with van der Waals surface area (Å²) in [5.74, 6) is 1.27. The molecule has 6 nitrogen and oxygen atoms in total. The number of para-hydroxylation sites is 1. The Balaban J connectivity index is 1.74. The summed E-state index contributed by atoms with van der Waals surface area (Å²) in [4.78, 5) is 25.9. The number of amides is 1. The van der Waals surface area contributed by atoms with E-state index in [4.69, 9.17) is 4.74 Å². The number of rotatable bonds is 3. The van der Waals surface area contributed by atoms with Crippen LogP contribution in [0.3, 0.4) is 0 Å². The monoisotopic (exact) mass is 362 g/mol. The van der Waals surface area contributed by atoms with Crippen LogP contribution in [-0.2, 0) is 0 Å². The van der Waals surface area contributed by atoms with Crippen LogP contribution in [0.4, 0.5) is 10.5 Å². The summed E-state index contributed by atoms with van der Waals surface area (Å²) >= 11 is 1.11. The third kappa shape index (κ3) is 3.29. The molecule has 0 bridgehead atoms. The third-order valence-electron chi connectivity index (χ3n) is 3.79. The van der Waals surface area contributed by atoms with Crippen molar-refractivity contribution in [2.75, 3.05) is 7.11 Å². The second kappa shape index (κ2) is 6.97. The largest absolute Gasteiger partial charge is 0.497 e. The highest BCUT2D eigenvalue weighted by atomic mass is 32.2. The number of carbonyl (C=O) groups excluding carboxylic acids is 1. The number of hydrogen-bond acceptors (Lipinski definition) is 6. The SMILES string of the molecule is COc1ccc(N=C2NC(=O)S/C2=C\c2cccc3nccnc23)cc1. The molecule has 0 atom stereocenters. The normalized spacial score (nSPS) is 17.0. The van der Waals surface area contributed by atoms with Gasteiger partial charge in [0.15, 0.2) is 0 Å². The predicted molar refractivity (Wildman–Crippen MR) is 104 cm³/mol. The smallest absolute Gasteiger partial charge is 0.289 e. The highest BCUT2D eigenvalue weighted by Crippen LogP contribution is 2.30. The second-order valence-corrected chi connectivity index (χ2v) is 6.47. The molecule has 1 aromatic heterocycles. The first kappa shape index (κ1) is 16.3. The summed E-state index contributed by atoms with van der Waals surface area (Å²) in [7, 11) is 1.61. The van der Waals surface area contributed by atoms with E-state index < -0.39 is 0 Å². The molecule has 1 saturated heterocycles. The van der Waals surface area contributed by atoms with Gasteiger partial charge in [0.1, 0.15) is 11.6 Å². The first-order chi connectivity index (χ1) is 12.7. The number of methoxy groups -OCH3 is 1. The molecule has 0 saturated carbocycles. The number of nitrogens with one attached hydrogen (secondary N) is 1. The molecule has 128 valence electrons. The summed E-state index contributed by atoms with van der Waals surface area (Å²) in [6.07, 6.45) is 5.22. The van der Waals surface area contributed by atoms with Crippen LogP contribution in [0.1, 0.15) is 5.56 Å². The molecule has 2 heterocycles. The summed E-state index contributed by atoms with van der Waals surface area (Å²) in [5, 5.41) is 2.63. The van der Waals surface area contributed by atoms with Gasteiger partial charge >= 0.3 is 0 Å². The van der Waals surface area contributed by atoms with E-state index in [0.29, 0.717) is 5.84 Å². The van der Waals surface area contributed by atoms with E-state index in [-0.39, 0.29) is 5.24 Å². The van der Waals surface area contributed by atoms with Gasteiger partial charge in [-0.05, 0) is 48.2 Å². The number of carbonyl (C=O) groups is 1. The summed E-state index contributed by atoms with van der Waals surface area (Å²) in [5.41, 5.74) is 3.20. The van der Waals surface area contributed by atoms with Crippen molar-refractivity contribution in [3.63, 3.8) is 0 Å². The van der Waals surface area contributed by atoms with Crippen LogP contribution in [0.15, 0.2) is 64.8 Å². The Morgan fingerprint density at radius 3 is 2.73 bits per heavy atom. The highest BCUT2D eigenvalue weighted by molar-refractivity contribution is 8.18. The fraction of sp³-hybridized carbons (Fsp3) is 0.0526. The van der Waals surface area contributed by atoms with Crippen molar-refractivity contribution in [3.8, 4) is 5.75 Å². The van der Waals surface area contributed by atoms with Crippen LogP contribution in [0, 0.1) is 0 Å². The van der Waals surface area contributed by atoms with Gasteiger partial charge in [0.05, 0.1) is 28.7 Å². The van der Waals surface area contributed by atoms with Crippen molar-refractivity contribution in [2.45, 2.75) is 0 Å². The molecule has 2 aromatic carbocycles.